The van der Waals surface area contributed by atoms with Crippen molar-refractivity contribution in [3.05, 3.63) is 47.5 Å². The van der Waals surface area contributed by atoms with Gasteiger partial charge < -0.3 is 10.1 Å². The van der Waals surface area contributed by atoms with Crippen LogP contribution >= 0.6 is 0 Å². The molecule has 134 valence electrons. The quantitative estimate of drug-likeness (QED) is 0.792. The molecule has 1 atom stereocenters. The molecule has 0 aliphatic carbocycles. The van der Waals surface area contributed by atoms with Gasteiger partial charge in [-0.2, -0.15) is 5.10 Å². The average Bonchev–Trinajstić information content (AvgIpc) is 2.94. The predicted molar refractivity (Wildman–Crippen MR) is 93.7 cm³/mol. The molecule has 0 fully saturated rings. The number of nitrogens with zero attached hydrogens (tertiary/aromatic N) is 4. The molecule has 1 aliphatic heterocycles. The highest BCUT2D eigenvalue weighted by atomic mass is 16.5. The summed E-state index contributed by atoms with van der Waals surface area (Å²) >= 11 is 0. The molecule has 25 heavy (non-hydrogen) atoms. The molecule has 0 bridgehead atoms. The summed E-state index contributed by atoms with van der Waals surface area (Å²) in [6.07, 6.45) is 1.80. The minimum absolute atomic E-state index is 0.0441. The minimum atomic E-state index is -0.150. The Morgan fingerprint density at radius 1 is 1.36 bits per heavy atom. The number of carbonyl (C=O) groups excluding carboxylic acids is 1. The van der Waals surface area contributed by atoms with Crippen LogP contribution in [0, 0.1) is 12.8 Å². The summed E-state index contributed by atoms with van der Waals surface area (Å²) in [5.41, 5.74) is 3.15. The number of aromatic nitrogens is 3. The summed E-state index contributed by atoms with van der Waals surface area (Å²) in [6, 6.07) is 8.06. The fourth-order valence-corrected chi connectivity index (χ4v) is 3.15. The molecule has 7 nitrogen and oxygen atoms in total. The molecule has 0 aromatic carbocycles. The smallest absolute Gasteiger partial charge is 0.226 e. The number of nitrogens with one attached hydrogen (secondary N) is 1. The third-order valence-electron chi connectivity index (χ3n) is 4.37. The second-order valence-electron chi connectivity index (χ2n) is 6.43. The second-order valence-corrected chi connectivity index (χ2v) is 6.43. The monoisotopic (exact) mass is 343 g/mol. The zero-order valence-electron chi connectivity index (χ0n) is 14.8. The maximum atomic E-state index is 12.6. The summed E-state index contributed by atoms with van der Waals surface area (Å²) in [6.45, 7) is 5.79. The van der Waals surface area contributed by atoms with Crippen LogP contribution in [0.25, 0.3) is 0 Å². The summed E-state index contributed by atoms with van der Waals surface area (Å²) in [7, 11) is 1.63. The van der Waals surface area contributed by atoms with E-state index in [4.69, 9.17) is 4.74 Å². The van der Waals surface area contributed by atoms with Gasteiger partial charge in [-0.25, -0.2) is 0 Å². The van der Waals surface area contributed by atoms with Crippen LogP contribution in [0.5, 0.6) is 0 Å². The number of methoxy groups -OCH3 is 1. The summed E-state index contributed by atoms with van der Waals surface area (Å²) in [5, 5.41) is 7.32. The van der Waals surface area contributed by atoms with Crippen molar-refractivity contribution >= 4 is 5.91 Å². The van der Waals surface area contributed by atoms with Crippen LogP contribution in [0.3, 0.4) is 0 Å². The van der Waals surface area contributed by atoms with Gasteiger partial charge in [0.1, 0.15) is 0 Å². The highest BCUT2D eigenvalue weighted by Gasteiger charge is 2.27. The lowest BCUT2D eigenvalue weighted by molar-refractivity contribution is -0.126. The van der Waals surface area contributed by atoms with E-state index >= 15 is 0 Å². The summed E-state index contributed by atoms with van der Waals surface area (Å²) < 4.78 is 6.94. The van der Waals surface area contributed by atoms with Crippen LogP contribution in [0.15, 0.2) is 30.5 Å². The third kappa shape index (κ3) is 4.64. The lowest BCUT2D eigenvalue weighted by Gasteiger charge is -2.23. The normalized spacial score (nSPS) is 17.8. The second kappa shape index (κ2) is 8.22. The third-order valence-corrected chi connectivity index (χ3v) is 4.37. The van der Waals surface area contributed by atoms with Gasteiger partial charge in [0.05, 0.1) is 30.5 Å². The molecule has 3 heterocycles. The summed E-state index contributed by atoms with van der Waals surface area (Å²) in [5.74, 6) is -0.106. The van der Waals surface area contributed by atoms with Gasteiger partial charge in [0, 0.05) is 45.2 Å². The number of rotatable bonds is 6. The van der Waals surface area contributed by atoms with E-state index in [0.717, 1.165) is 23.6 Å². The highest BCUT2D eigenvalue weighted by Crippen LogP contribution is 2.18. The van der Waals surface area contributed by atoms with Crippen LogP contribution < -0.4 is 5.32 Å². The highest BCUT2D eigenvalue weighted by molar-refractivity contribution is 5.78. The molecular formula is C18H25N5O2. The molecule has 1 amide bonds. The molecule has 0 saturated carbocycles. The average molecular weight is 343 g/mol. The van der Waals surface area contributed by atoms with E-state index in [9.17, 15) is 4.79 Å². The van der Waals surface area contributed by atoms with Gasteiger partial charge >= 0.3 is 0 Å². The maximum absolute atomic E-state index is 12.6. The number of aryl methyl sites for hydroxylation is 1. The van der Waals surface area contributed by atoms with E-state index in [0.29, 0.717) is 32.8 Å². The van der Waals surface area contributed by atoms with Crippen molar-refractivity contribution in [2.45, 2.75) is 26.6 Å². The molecule has 3 rings (SSSR count). The van der Waals surface area contributed by atoms with E-state index in [1.165, 1.54) is 0 Å². The Balaban J connectivity index is 1.73. The number of hydrogen-bond acceptors (Lipinski definition) is 5. The van der Waals surface area contributed by atoms with Gasteiger partial charge in [0.2, 0.25) is 5.91 Å². The van der Waals surface area contributed by atoms with Crippen molar-refractivity contribution < 1.29 is 9.53 Å². The Labute approximate surface area is 148 Å². The van der Waals surface area contributed by atoms with Crippen molar-refractivity contribution in [3.8, 4) is 0 Å². The fourth-order valence-electron chi connectivity index (χ4n) is 3.15. The van der Waals surface area contributed by atoms with Crippen molar-refractivity contribution in [2.75, 3.05) is 26.8 Å². The van der Waals surface area contributed by atoms with E-state index in [2.05, 4.69) is 20.3 Å². The molecule has 0 radical (unpaired) electrons. The molecule has 0 spiro atoms. The Bertz CT molecular complexity index is 715. The van der Waals surface area contributed by atoms with Gasteiger partial charge in [-0.15, -0.1) is 0 Å². The van der Waals surface area contributed by atoms with E-state index in [1.54, 1.807) is 13.3 Å². The first kappa shape index (κ1) is 17.6. The molecule has 0 saturated heterocycles. The zero-order chi connectivity index (χ0) is 17.6. The number of fused-ring (bicyclic) bond motifs is 1. The van der Waals surface area contributed by atoms with Crippen LogP contribution in [-0.2, 0) is 29.2 Å². The van der Waals surface area contributed by atoms with E-state index in [1.807, 2.05) is 35.9 Å². The summed E-state index contributed by atoms with van der Waals surface area (Å²) in [4.78, 5) is 19.4. The number of pyridine rings is 1. The molecule has 0 unspecified atom stereocenters. The standard InChI is InChI=1S/C18H25N5O2/c1-14-4-3-5-16(21-14)12-22-10-15(18(24)19-8-9-25-2)11-23-17(13-22)6-7-20-23/h3-7,15H,8-13H2,1-2H3,(H,19,24)/t15-/m1/s1. The lowest BCUT2D eigenvalue weighted by Crippen LogP contribution is -2.40. The Morgan fingerprint density at radius 3 is 3.04 bits per heavy atom. The number of hydrogen-bond donors (Lipinski definition) is 1. The molecule has 1 aliphatic rings. The molecule has 2 aromatic heterocycles. The van der Waals surface area contributed by atoms with Gasteiger partial charge in [-0.3, -0.25) is 19.4 Å². The largest absolute Gasteiger partial charge is 0.383 e. The van der Waals surface area contributed by atoms with Crippen molar-refractivity contribution in [2.24, 2.45) is 5.92 Å². The predicted octanol–water partition coefficient (Wildman–Crippen LogP) is 0.981. The number of ether oxygens (including phenoxy) is 1. The van der Waals surface area contributed by atoms with Crippen LogP contribution in [-0.4, -0.2) is 52.4 Å². The SMILES string of the molecule is COCCNC(=O)[C@@H]1CN(Cc2cccc(C)n2)Cc2ccnn2C1. The Hall–Kier alpha value is -2.25. The van der Waals surface area contributed by atoms with Crippen LogP contribution in [0.2, 0.25) is 0 Å². The number of amides is 1. The number of carbonyl (C=O) groups is 1. The first-order valence-corrected chi connectivity index (χ1v) is 8.58. The van der Waals surface area contributed by atoms with E-state index in [-0.39, 0.29) is 11.8 Å². The van der Waals surface area contributed by atoms with Gasteiger partial charge in [0.25, 0.3) is 0 Å². The Morgan fingerprint density at radius 2 is 2.24 bits per heavy atom. The molecule has 7 heteroatoms. The zero-order valence-corrected chi connectivity index (χ0v) is 14.8. The van der Waals surface area contributed by atoms with Crippen molar-refractivity contribution in [3.63, 3.8) is 0 Å². The first-order valence-electron chi connectivity index (χ1n) is 8.58. The Kier molecular flexibility index (Phi) is 5.78. The van der Waals surface area contributed by atoms with E-state index < -0.39 is 0 Å². The molecular weight excluding hydrogens is 318 g/mol. The maximum Gasteiger partial charge on any atom is 0.226 e. The van der Waals surface area contributed by atoms with Crippen LogP contribution in [0.4, 0.5) is 0 Å². The van der Waals surface area contributed by atoms with Crippen LogP contribution in [0.1, 0.15) is 17.1 Å². The van der Waals surface area contributed by atoms with Crippen molar-refractivity contribution in [1.29, 1.82) is 0 Å². The lowest BCUT2D eigenvalue weighted by atomic mass is 10.1. The fraction of sp³-hybridized carbons (Fsp3) is 0.500. The molecule has 1 N–H and O–H groups in total. The van der Waals surface area contributed by atoms with Crippen molar-refractivity contribution in [1.82, 2.24) is 25.0 Å². The van der Waals surface area contributed by atoms with Gasteiger partial charge in [-0.05, 0) is 25.1 Å². The molecule has 2 aromatic rings. The van der Waals surface area contributed by atoms with Gasteiger partial charge in [-0.1, -0.05) is 6.07 Å². The topological polar surface area (TPSA) is 72.3 Å². The van der Waals surface area contributed by atoms with Gasteiger partial charge in [0.15, 0.2) is 0 Å². The minimum Gasteiger partial charge on any atom is -0.383 e. The first-order chi connectivity index (χ1) is 12.2.